The van der Waals surface area contributed by atoms with E-state index in [9.17, 15) is 9.90 Å². The maximum Gasteiger partial charge on any atom is 0.278 e. The van der Waals surface area contributed by atoms with Crippen molar-refractivity contribution < 1.29 is 5.11 Å². The highest BCUT2D eigenvalue weighted by Gasteiger charge is 2.22. The van der Waals surface area contributed by atoms with Crippen LogP contribution in [0.3, 0.4) is 0 Å². The van der Waals surface area contributed by atoms with Crippen molar-refractivity contribution in [3.05, 3.63) is 77.4 Å². The zero-order valence-electron chi connectivity index (χ0n) is 25.0. The number of rotatable bonds is 12. The van der Waals surface area contributed by atoms with Crippen LogP contribution in [-0.4, -0.2) is 67.0 Å². The molecule has 3 aromatic heterocycles. The highest BCUT2D eigenvalue weighted by molar-refractivity contribution is 5.77. The van der Waals surface area contributed by atoms with Crippen LogP contribution in [0.2, 0.25) is 0 Å². The number of pyridine rings is 1. The molecule has 1 aliphatic heterocycles. The molecule has 5 rings (SSSR count). The molecule has 2 N–H and O–H groups in total. The van der Waals surface area contributed by atoms with Gasteiger partial charge in [0.1, 0.15) is 11.0 Å². The van der Waals surface area contributed by atoms with Gasteiger partial charge in [0.2, 0.25) is 5.95 Å². The minimum absolute atomic E-state index is 0.239. The number of piperazine rings is 1. The lowest BCUT2D eigenvalue weighted by Gasteiger charge is -2.36. The van der Waals surface area contributed by atoms with Crippen LogP contribution in [0, 0.1) is 0 Å². The Hall–Kier alpha value is -4.02. The van der Waals surface area contributed by atoms with Crippen LogP contribution >= 0.6 is 0 Å². The molecule has 10 nitrogen and oxygen atoms in total. The Morgan fingerprint density at radius 2 is 1.79 bits per heavy atom. The largest absolute Gasteiger partial charge is 0.384 e. The topological polar surface area (TPSA) is 104 Å². The normalized spacial score (nSPS) is 14.4. The minimum atomic E-state index is -1.14. The average molecular weight is 571 g/mol. The predicted molar refractivity (Wildman–Crippen MR) is 169 cm³/mol. The van der Waals surface area contributed by atoms with Gasteiger partial charge >= 0.3 is 0 Å². The molecule has 0 amide bonds. The van der Waals surface area contributed by atoms with Crippen molar-refractivity contribution in [2.24, 2.45) is 0 Å². The number of hydrogen-bond acceptors (Lipinski definition) is 8. The van der Waals surface area contributed by atoms with Crippen molar-refractivity contribution in [1.82, 2.24) is 29.2 Å². The summed E-state index contributed by atoms with van der Waals surface area (Å²) in [7, 11) is 0. The zero-order chi connectivity index (χ0) is 29.7. The SMILES string of the molecule is C=CCn1c(=O)c2cnc(Nc3ccc(N4CCN(CCCCCC)CC4)cc3)nc2n1-c1cccc(C(C)(C)O)n1. The molecule has 42 heavy (non-hydrogen) atoms. The molecule has 1 fully saturated rings. The third-order valence-electron chi connectivity index (χ3n) is 7.74. The Morgan fingerprint density at radius 3 is 2.48 bits per heavy atom. The molecule has 0 aliphatic carbocycles. The van der Waals surface area contributed by atoms with E-state index in [1.807, 2.05) is 12.1 Å². The van der Waals surface area contributed by atoms with Gasteiger partial charge < -0.3 is 15.3 Å². The Balaban J connectivity index is 1.34. The van der Waals surface area contributed by atoms with E-state index in [-0.39, 0.29) is 12.1 Å². The van der Waals surface area contributed by atoms with Crippen LogP contribution in [0.1, 0.15) is 52.1 Å². The van der Waals surface area contributed by atoms with Gasteiger partial charge in [-0.25, -0.2) is 19.3 Å². The molecule has 1 aliphatic rings. The third kappa shape index (κ3) is 6.55. The van der Waals surface area contributed by atoms with Crippen molar-refractivity contribution in [3.63, 3.8) is 0 Å². The molecular formula is C32H42N8O2. The summed E-state index contributed by atoms with van der Waals surface area (Å²) in [6.45, 7) is 15.1. The van der Waals surface area contributed by atoms with Crippen LogP contribution in [-0.2, 0) is 12.1 Å². The Morgan fingerprint density at radius 1 is 1.02 bits per heavy atom. The number of hydrogen-bond donors (Lipinski definition) is 2. The monoisotopic (exact) mass is 570 g/mol. The minimum Gasteiger partial charge on any atom is -0.384 e. The van der Waals surface area contributed by atoms with E-state index in [0.717, 1.165) is 31.9 Å². The van der Waals surface area contributed by atoms with Gasteiger partial charge in [-0.3, -0.25) is 9.69 Å². The Kier molecular flexibility index (Phi) is 9.03. The maximum absolute atomic E-state index is 13.3. The van der Waals surface area contributed by atoms with Crippen molar-refractivity contribution >= 4 is 28.4 Å². The standard InChI is InChI=1S/C32H42N8O2/c1-5-7-8-9-18-37-19-21-38(22-20-37)25-15-13-24(14-16-25)34-31-33-23-26-29(36-31)40(39(17-6-2)30(26)41)28-12-10-11-27(35-28)32(3,4)42/h6,10-16,23,42H,2,5,7-9,17-22H2,1,3-4H3,(H,33,34,36). The number of aliphatic hydroxyl groups is 1. The number of aromatic nitrogens is 5. The first-order valence-corrected chi connectivity index (χ1v) is 14.9. The summed E-state index contributed by atoms with van der Waals surface area (Å²) in [4.78, 5) is 32.1. The van der Waals surface area contributed by atoms with Crippen LogP contribution in [0.5, 0.6) is 0 Å². The van der Waals surface area contributed by atoms with Gasteiger partial charge in [0.15, 0.2) is 11.5 Å². The van der Waals surface area contributed by atoms with E-state index >= 15 is 0 Å². The number of anilines is 3. The summed E-state index contributed by atoms with van der Waals surface area (Å²) in [6.07, 6.45) is 8.42. The first kappa shape index (κ1) is 29.5. The van der Waals surface area contributed by atoms with Gasteiger partial charge in [-0.05, 0) is 63.2 Å². The van der Waals surface area contributed by atoms with Gasteiger partial charge in [-0.15, -0.1) is 6.58 Å². The molecule has 0 spiro atoms. The molecule has 4 aromatic rings. The quantitative estimate of drug-likeness (QED) is 0.184. The van der Waals surface area contributed by atoms with Crippen LogP contribution < -0.4 is 15.8 Å². The number of benzene rings is 1. The molecule has 0 saturated carbocycles. The fourth-order valence-electron chi connectivity index (χ4n) is 5.37. The van der Waals surface area contributed by atoms with E-state index in [2.05, 4.69) is 50.7 Å². The predicted octanol–water partition coefficient (Wildman–Crippen LogP) is 4.84. The summed E-state index contributed by atoms with van der Waals surface area (Å²) in [6, 6.07) is 13.7. The average Bonchev–Trinajstić information content (AvgIpc) is 3.26. The van der Waals surface area contributed by atoms with Gasteiger partial charge in [0.05, 0.1) is 12.2 Å². The summed E-state index contributed by atoms with van der Waals surface area (Å²) < 4.78 is 3.18. The van der Waals surface area contributed by atoms with Gasteiger partial charge in [-0.1, -0.05) is 38.3 Å². The molecule has 1 aromatic carbocycles. The molecule has 0 bridgehead atoms. The molecular weight excluding hydrogens is 528 g/mol. The number of fused-ring (bicyclic) bond motifs is 1. The zero-order valence-corrected chi connectivity index (χ0v) is 25.0. The molecule has 0 radical (unpaired) electrons. The lowest BCUT2D eigenvalue weighted by atomic mass is 10.1. The highest BCUT2D eigenvalue weighted by atomic mass is 16.3. The first-order valence-electron chi connectivity index (χ1n) is 14.9. The first-order chi connectivity index (χ1) is 20.3. The smallest absolute Gasteiger partial charge is 0.278 e. The van der Waals surface area contributed by atoms with E-state index in [1.54, 1.807) is 49.0 Å². The highest BCUT2D eigenvalue weighted by Crippen LogP contribution is 2.24. The molecule has 222 valence electrons. The van der Waals surface area contributed by atoms with Crippen molar-refractivity contribution in [3.8, 4) is 5.82 Å². The number of nitrogens with zero attached hydrogens (tertiary/aromatic N) is 7. The van der Waals surface area contributed by atoms with E-state index in [4.69, 9.17) is 4.98 Å². The van der Waals surface area contributed by atoms with Gasteiger partial charge in [0.25, 0.3) is 5.56 Å². The second kappa shape index (κ2) is 12.9. The summed E-state index contributed by atoms with van der Waals surface area (Å²) in [5, 5.41) is 14.2. The number of nitrogens with one attached hydrogen (secondary N) is 1. The fraction of sp³-hybridized carbons (Fsp3) is 0.438. The van der Waals surface area contributed by atoms with Gasteiger partial charge in [-0.2, -0.15) is 4.98 Å². The second-order valence-electron chi connectivity index (χ2n) is 11.4. The lowest BCUT2D eigenvalue weighted by Crippen LogP contribution is -2.46. The van der Waals surface area contributed by atoms with Gasteiger partial charge in [0, 0.05) is 43.8 Å². The van der Waals surface area contributed by atoms with Crippen LogP contribution in [0.15, 0.2) is 66.1 Å². The van der Waals surface area contributed by atoms with Crippen molar-refractivity contribution in [2.75, 3.05) is 42.9 Å². The van der Waals surface area contributed by atoms with Crippen molar-refractivity contribution in [1.29, 1.82) is 0 Å². The lowest BCUT2D eigenvalue weighted by molar-refractivity contribution is 0.0738. The van der Waals surface area contributed by atoms with E-state index in [0.29, 0.717) is 28.5 Å². The molecule has 4 heterocycles. The maximum atomic E-state index is 13.3. The van der Waals surface area contributed by atoms with E-state index < -0.39 is 5.60 Å². The molecule has 0 atom stereocenters. The summed E-state index contributed by atoms with van der Waals surface area (Å²) in [5.41, 5.74) is 1.59. The second-order valence-corrected chi connectivity index (χ2v) is 11.4. The Bertz CT molecular complexity index is 1560. The molecule has 0 unspecified atom stereocenters. The summed E-state index contributed by atoms with van der Waals surface area (Å²) >= 11 is 0. The Labute approximate surface area is 247 Å². The summed E-state index contributed by atoms with van der Waals surface area (Å²) in [5.74, 6) is 0.841. The van der Waals surface area contributed by atoms with Crippen LogP contribution in [0.25, 0.3) is 16.9 Å². The fourth-order valence-corrected chi connectivity index (χ4v) is 5.37. The third-order valence-corrected chi connectivity index (χ3v) is 7.74. The molecule has 1 saturated heterocycles. The van der Waals surface area contributed by atoms with Crippen LogP contribution in [0.4, 0.5) is 17.3 Å². The van der Waals surface area contributed by atoms with E-state index in [1.165, 1.54) is 42.6 Å². The number of allylic oxidation sites excluding steroid dienone is 1. The number of unbranched alkanes of at least 4 members (excludes halogenated alkanes) is 3. The molecule has 10 heteroatoms. The van der Waals surface area contributed by atoms with Crippen molar-refractivity contribution in [2.45, 2.75) is 58.6 Å².